The summed E-state index contributed by atoms with van der Waals surface area (Å²) in [5.41, 5.74) is 4.27. The topological polar surface area (TPSA) is 83.8 Å². The van der Waals surface area contributed by atoms with Crippen LogP contribution < -0.4 is 5.32 Å². The van der Waals surface area contributed by atoms with Crippen LogP contribution in [0.15, 0.2) is 64.4 Å². The Hall–Kier alpha value is -3.06. The van der Waals surface area contributed by atoms with E-state index in [0.29, 0.717) is 17.0 Å². The van der Waals surface area contributed by atoms with E-state index in [1.807, 2.05) is 37.4 Å². The van der Waals surface area contributed by atoms with Gasteiger partial charge in [0.05, 0.1) is 17.4 Å². The molecule has 1 amide bonds. The van der Waals surface area contributed by atoms with Gasteiger partial charge in [0.2, 0.25) is 5.91 Å². The van der Waals surface area contributed by atoms with Gasteiger partial charge in [-0.3, -0.25) is 4.79 Å². The third kappa shape index (κ3) is 5.17. The van der Waals surface area contributed by atoms with E-state index in [1.54, 1.807) is 0 Å². The fraction of sp³-hybridized carbons (Fsp3) is 0.292. The molecule has 6 nitrogen and oxygen atoms in total. The Bertz CT molecular complexity index is 1160. The average molecular weight is 435 g/mol. The molecule has 4 aromatic rings. The van der Waals surface area contributed by atoms with E-state index < -0.39 is 0 Å². The van der Waals surface area contributed by atoms with Crippen molar-refractivity contribution in [2.75, 3.05) is 5.75 Å². The predicted octanol–water partition coefficient (Wildman–Crippen LogP) is 5.39. The van der Waals surface area contributed by atoms with Crippen molar-refractivity contribution in [1.82, 2.24) is 20.5 Å². The average Bonchev–Trinajstić information content (AvgIpc) is 3.39. The molecule has 0 spiro atoms. The number of fused-ring (bicyclic) bond motifs is 1. The Labute approximate surface area is 185 Å². The van der Waals surface area contributed by atoms with E-state index in [-0.39, 0.29) is 17.7 Å². The van der Waals surface area contributed by atoms with E-state index in [0.717, 1.165) is 28.5 Å². The number of carbonyl (C=O) groups excluding carboxylic acids is 1. The van der Waals surface area contributed by atoms with Gasteiger partial charge in [0.25, 0.3) is 11.1 Å². The van der Waals surface area contributed by atoms with Gasteiger partial charge in [-0.2, -0.15) is 0 Å². The summed E-state index contributed by atoms with van der Waals surface area (Å²) >= 11 is 1.24. The minimum atomic E-state index is -0.0735. The number of hydrogen-bond donors (Lipinski definition) is 2. The molecule has 0 radical (unpaired) electrons. The van der Waals surface area contributed by atoms with Crippen molar-refractivity contribution in [2.45, 2.75) is 38.5 Å². The first kappa shape index (κ1) is 21.2. The van der Waals surface area contributed by atoms with E-state index in [2.05, 4.69) is 58.6 Å². The van der Waals surface area contributed by atoms with Crippen LogP contribution >= 0.6 is 11.8 Å². The number of nitrogens with zero attached hydrogens (tertiary/aromatic N) is 2. The monoisotopic (exact) mass is 434 g/mol. The zero-order chi connectivity index (χ0) is 21.8. The summed E-state index contributed by atoms with van der Waals surface area (Å²) in [6.07, 6.45) is 2.91. The normalized spacial score (nSPS) is 12.4. The molecule has 0 saturated heterocycles. The molecule has 1 atom stereocenters. The summed E-state index contributed by atoms with van der Waals surface area (Å²) in [6, 6.07) is 16.3. The van der Waals surface area contributed by atoms with Gasteiger partial charge in [0, 0.05) is 17.1 Å². The molecule has 0 aliphatic heterocycles. The second-order valence-corrected chi connectivity index (χ2v) is 8.97. The lowest BCUT2D eigenvalue weighted by Crippen LogP contribution is -2.28. The number of nitrogens with one attached hydrogen (secondary N) is 2. The van der Waals surface area contributed by atoms with E-state index >= 15 is 0 Å². The maximum Gasteiger partial charge on any atom is 0.277 e. The third-order valence-electron chi connectivity index (χ3n) is 5.05. The fourth-order valence-corrected chi connectivity index (χ4v) is 4.11. The lowest BCUT2D eigenvalue weighted by atomic mass is 10.00. The van der Waals surface area contributed by atoms with E-state index in [9.17, 15) is 4.79 Å². The summed E-state index contributed by atoms with van der Waals surface area (Å²) in [6.45, 7) is 6.41. The molecule has 2 aromatic heterocycles. The number of H-pyrrole nitrogens is 1. The van der Waals surface area contributed by atoms with Crippen LogP contribution in [0.2, 0.25) is 0 Å². The second kappa shape index (κ2) is 9.39. The molecule has 7 heteroatoms. The Morgan fingerprint density at radius 1 is 1.10 bits per heavy atom. The molecule has 2 N–H and O–H groups in total. The minimum absolute atomic E-state index is 0.0642. The highest BCUT2D eigenvalue weighted by molar-refractivity contribution is 7.99. The molecule has 31 heavy (non-hydrogen) atoms. The van der Waals surface area contributed by atoms with Crippen molar-refractivity contribution in [3.63, 3.8) is 0 Å². The summed E-state index contributed by atoms with van der Waals surface area (Å²) < 4.78 is 5.76. The Morgan fingerprint density at radius 3 is 2.65 bits per heavy atom. The predicted molar refractivity (Wildman–Crippen MR) is 124 cm³/mol. The number of amides is 1. The lowest BCUT2D eigenvalue weighted by molar-refractivity contribution is -0.119. The van der Waals surface area contributed by atoms with Crippen LogP contribution in [0.25, 0.3) is 22.4 Å². The van der Waals surface area contributed by atoms with Gasteiger partial charge in [-0.05, 0) is 36.5 Å². The number of aromatic amines is 1. The van der Waals surface area contributed by atoms with Crippen LogP contribution in [0, 0.1) is 5.92 Å². The molecular weight excluding hydrogens is 408 g/mol. The maximum atomic E-state index is 12.4. The summed E-state index contributed by atoms with van der Waals surface area (Å²) in [7, 11) is 0. The smallest absolute Gasteiger partial charge is 0.277 e. The molecule has 2 aromatic carbocycles. The maximum absolute atomic E-state index is 12.4. The van der Waals surface area contributed by atoms with Gasteiger partial charge in [-0.1, -0.05) is 68.1 Å². The number of carbonyl (C=O) groups is 1. The molecule has 0 aliphatic rings. The second-order valence-electron chi connectivity index (χ2n) is 8.04. The first-order valence-electron chi connectivity index (χ1n) is 10.4. The number of para-hydroxylation sites is 1. The van der Waals surface area contributed by atoms with Crippen molar-refractivity contribution in [2.24, 2.45) is 5.92 Å². The Morgan fingerprint density at radius 2 is 1.87 bits per heavy atom. The Kier molecular flexibility index (Phi) is 6.42. The summed E-state index contributed by atoms with van der Waals surface area (Å²) in [5.74, 6) is 1.21. The van der Waals surface area contributed by atoms with Crippen LogP contribution in [0.3, 0.4) is 0 Å². The van der Waals surface area contributed by atoms with Crippen LogP contribution in [0.4, 0.5) is 0 Å². The SMILES string of the molecule is CC(C)Cc1ccc(C(C)NC(=O)CSc2nnc(-c3c[nH]c4ccccc34)o2)cc1. The molecule has 0 aliphatic carbocycles. The van der Waals surface area contributed by atoms with E-state index in [1.165, 1.54) is 17.3 Å². The fourth-order valence-electron chi connectivity index (χ4n) is 3.53. The molecular formula is C24H26N4O2S. The first-order chi connectivity index (χ1) is 15.0. The Balaban J connectivity index is 1.32. The standard InChI is InChI=1S/C24H26N4O2S/c1-15(2)12-17-8-10-18(11-9-17)16(3)26-22(29)14-31-24-28-27-23(30-24)20-13-25-21-7-5-4-6-19(20)21/h4-11,13,15-16,25H,12,14H2,1-3H3,(H,26,29). The van der Waals surface area contributed by atoms with Crippen LogP contribution in [0.1, 0.15) is 37.9 Å². The molecule has 4 rings (SSSR count). The minimum Gasteiger partial charge on any atom is -0.411 e. The largest absolute Gasteiger partial charge is 0.411 e. The zero-order valence-electron chi connectivity index (χ0n) is 17.9. The van der Waals surface area contributed by atoms with Crippen LogP contribution in [-0.2, 0) is 11.2 Å². The highest BCUT2D eigenvalue weighted by atomic mass is 32.2. The highest BCUT2D eigenvalue weighted by Crippen LogP contribution is 2.29. The molecule has 1 unspecified atom stereocenters. The van der Waals surface area contributed by atoms with Crippen molar-refractivity contribution >= 4 is 28.6 Å². The van der Waals surface area contributed by atoms with Crippen LogP contribution in [-0.4, -0.2) is 26.8 Å². The number of thioether (sulfide) groups is 1. The van der Waals surface area contributed by atoms with Crippen molar-refractivity contribution in [3.8, 4) is 11.5 Å². The highest BCUT2D eigenvalue weighted by Gasteiger charge is 2.15. The molecule has 0 saturated carbocycles. The van der Waals surface area contributed by atoms with Crippen LogP contribution in [0.5, 0.6) is 0 Å². The molecule has 160 valence electrons. The number of hydrogen-bond acceptors (Lipinski definition) is 5. The first-order valence-corrected chi connectivity index (χ1v) is 11.4. The van der Waals surface area contributed by atoms with Crippen molar-refractivity contribution < 1.29 is 9.21 Å². The third-order valence-corrected chi connectivity index (χ3v) is 5.87. The lowest BCUT2D eigenvalue weighted by Gasteiger charge is -2.15. The van der Waals surface area contributed by atoms with Gasteiger partial charge in [-0.25, -0.2) is 0 Å². The number of rotatable bonds is 8. The molecule has 0 bridgehead atoms. The molecule has 2 heterocycles. The number of aromatic nitrogens is 3. The van der Waals surface area contributed by atoms with Gasteiger partial charge >= 0.3 is 0 Å². The van der Waals surface area contributed by atoms with E-state index in [4.69, 9.17) is 4.42 Å². The van der Waals surface area contributed by atoms with Gasteiger partial charge in [-0.15, -0.1) is 10.2 Å². The molecule has 0 fully saturated rings. The number of benzene rings is 2. The van der Waals surface area contributed by atoms with Crippen molar-refractivity contribution in [3.05, 3.63) is 65.9 Å². The van der Waals surface area contributed by atoms with Gasteiger partial charge < -0.3 is 14.7 Å². The quantitative estimate of drug-likeness (QED) is 0.364. The van der Waals surface area contributed by atoms with Gasteiger partial charge in [0.1, 0.15) is 0 Å². The zero-order valence-corrected chi connectivity index (χ0v) is 18.7. The summed E-state index contributed by atoms with van der Waals surface area (Å²) in [4.78, 5) is 15.6. The summed E-state index contributed by atoms with van der Waals surface area (Å²) in [5, 5.41) is 12.6. The van der Waals surface area contributed by atoms with Gasteiger partial charge in [0.15, 0.2) is 0 Å². The van der Waals surface area contributed by atoms with Crippen molar-refractivity contribution in [1.29, 1.82) is 0 Å².